The van der Waals surface area contributed by atoms with Crippen molar-refractivity contribution in [2.45, 2.75) is 19.8 Å². The third-order valence-corrected chi connectivity index (χ3v) is 6.56. The number of hydrogen-bond acceptors (Lipinski definition) is 6. The SMILES string of the molecule is COc1ccc(-c2nc(NC(=O)CCC(=O)c3ccc(C)cc3)sc2-c2ccc(OC)cc2)cc1. The first-order valence-corrected chi connectivity index (χ1v) is 12.0. The molecule has 6 nitrogen and oxygen atoms in total. The lowest BCUT2D eigenvalue weighted by Crippen LogP contribution is -2.13. The van der Waals surface area contributed by atoms with E-state index in [2.05, 4.69) is 5.32 Å². The number of ether oxygens (including phenoxy) is 2. The van der Waals surface area contributed by atoms with Gasteiger partial charge >= 0.3 is 0 Å². The van der Waals surface area contributed by atoms with Gasteiger partial charge in [-0.25, -0.2) is 4.98 Å². The van der Waals surface area contributed by atoms with Gasteiger partial charge in [-0.05, 0) is 61.0 Å². The summed E-state index contributed by atoms with van der Waals surface area (Å²) in [6, 6.07) is 22.7. The largest absolute Gasteiger partial charge is 0.497 e. The molecule has 0 bridgehead atoms. The Morgan fingerprint density at radius 3 is 1.94 bits per heavy atom. The lowest BCUT2D eigenvalue weighted by atomic mass is 10.1. The van der Waals surface area contributed by atoms with Crippen LogP contribution in [0, 0.1) is 6.92 Å². The minimum absolute atomic E-state index is 0.0582. The first-order chi connectivity index (χ1) is 17.0. The van der Waals surface area contributed by atoms with Gasteiger partial charge in [-0.15, -0.1) is 0 Å². The van der Waals surface area contributed by atoms with Gasteiger partial charge in [0.15, 0.2) is 10.9 Å². The van der Waals surface area contributed by atoms with Crippen LogP contribution < -0.4 is 14.8 Å². The smallest absolute Gasteiger partial charge is 0.226 e. The van der Waals surface area contributed by atoms with E-state index in [1.165, 1.54) is 11.3 Å². The van der Waals surface area contributed by atoms with Crippen molar-refractivity contribution < 1.29 is 19.1 Å². The molecule has 0 aliphatic rings. The second-order valence-electron chi connectivity index (χ2n) is 7.99. The molecule has 1 amide bonds. The molecule has 0 aliphatic heterocycles. The lowest BCUT2D eigenvalue weighted by Gasteiger charge is -2.05. The fourth-order valence-electron chi connectivity index (χ4n) is 3.55. The molecule has 1 heterocycles. The predicted octanol–water partition coefficient (Wildman–Crippen LogP) is 6.40. The summed E-state index contributed by atoms with van der Waals surface area (Å²) in [5.74, 6) is 1.21. The molecule has 0 aliphatic carbocycles. The molecular weight excluding hydrogens is 460 g/mol. The van der Waals surface area contributed by atoms with Crippen LogP contribution in [0.15, 0.2) is 72.8 Å². The zero-order valence-corrected chi connectivity index (χ0v) is 20.6. The number of benzene rings is 3. The molecule has 35 heavy (non-hydrogen) atoms. The van der Waals surface area contributed by atoms with E-state index in [0.717, 1.165) is 38.8 Å². The summed E-state index contributed by atoms with van der Waals surface area (Å²) in [5.41, 5.74) is 4.32. The Labute approximate surface area is 208 Å². The molecule has 1 N–H and O–H groups in total. The molecule has 178 valence electrons. The van der Waals surface area contributed by atoms with Crippen LogP contribution in [0.5, 0.6) is 11.5 Å². The summed E-state index contributed by atoms with van der Waals surface area (Å²) in [6.45, 7) is 1.97. The summed E-state index contributed by atoms with van der Waals surface area (Å²) < 4.78 is 10.5. The fourth-order valence-corrected chi connectivity index (χ4v) is 4.56. The maximum atomic E-state index is 12.6. The number of thiazole rings is 1. The number of aromatic nitrogens is 1. The Hall–Kier alpha value is -3.97. The molecule has 7 heteroatoms. The molecule has 0 atom stereocenters. The summed E-state index contributed by atoms with van der Waals surface area (Å²) >= 11 is 1.39. The highest BCUT2D eigenvalue weighted by Gasteiger charge is 2.17. The van der Waals surface area contributed by atoms with E-state index in [1.54, 1.807) is 26.4 Å². The normalized spacial score (nSPS) is 10.6. The first kappa shape index (κ1) is 24.2. The highest BCUT2D eigenvalue weighted by Crippen LogP contribution is 2.40. The molecule has 4 aromatic rings. The quantitative estimate of drug-likeness (QED) is 0.277. The van der Waals surface area contributed by atoms with Crippen LogP contribution in [0.1, 0.15) is 28.8 Å². The summed E-state index contributed by atoms with van der Waals surface area (Å²) in [4.78, 5) is 30.7. The third-order valence-electron chi connectivity index (χ3n) is 5.54. The van der Waals surface area contributed by atoms with Gasteiger partial charge in [0.05, 0.1) is 24.8 Å². The van der Waals surface area contributed by atoms with Gasteiger partial charge in [-0.2, -0.15) is 0 Å². The minimum atomic E-state index is -0.248. The average Bonchev–Trinajstić information content (AvgIpc) is 3.31. The van der Waals surface area contributed by atoms with Crippen molar-refractivity contribution >= 4 is 28.2 Å². The number of Topliss-reactive ketones (excluding diaryl/α,β-unsaturated/α-hetero) is 1. The Kier molecular flexibility index (Phi) is 7.57. The van der Waals surface area contributed by atoms with Crippen molar-refractivity contribution in [1.82, 2.24) is 4.98 Å². The molecule has 0 unspecified atom stereocenters. The number of hydrogen-bond donors (Lipinski definition) is 1. The van der Waals surface area contributed by atoms with Crippen LogP contribution in [-0.2, 0) is 4.79 Å². The van der Waals surface area contributed by atoms with Crippen LogP contribution in [0.2, 0.25) is 0 Å². The molecular formula is C28H26N2O4S. The predicted molar refractivity (Wildman–Crippen MR) is 139 cm³/mol. The molecule has 1 aromatic heterocycles. The Morgan fingerprint density at radius 1 is 0.800 bits per heavy atom. The van der Waals surface area contributed by atoms with Crippen molar-refractivity contribution in [3.63, 3.8) is 0 Å². The number of methoxy groups -OCH3 is 2. The van der Waals surface area contributed by atoms with Gasteiger partial charge in [-0.1, -0.05) is 41.2 Å². The van der Waals surface area contributed by atoms with Gasteiger partial charge in [0.2, 0.25) is 5.91 Å². The zero-order chi connectivity index (χ0) is 24.8. The number of ketones is 1. The minimum Gasteiger partial charge on any atom is -0.497 e. The van der Waals surface area contributed by atoms with Crippen molar-refractivity contribution in [2.24, 2.45) is 0 Å². The first-order valence-electron chi connectivity index (χ1n) is 11.2. The fraction of sp³-hybridized carbons (Fsp3) is 0.179. The van der Waals surface area contributed by atoms with E-state index in [9.17, 15) is 9.59 Å². The van der Waals surface area contributed by atoms with Gasteiger partial charge in [0.1, 0.15) is 11.5 Å². The van der Waals surface area contributed by atoms with Crippen molar-refractivity contribution in [1.29, 1.82) is 0 Å². The maximum Gasteiger partial charge on any atom is 0.226 e. The van der Waals surface area contributed by atoms with Crippen LogP contribution in [0.4, 0.5) is 5.13 Å². The van der Waals surface area contributed by atoms with Crippen LogP contribution in [0.3, 0.4) is 0 Å². The van der Waals surface area contributed by atoms with Crippen LogP contribution >= 0.6 is 11.3 Å². The monoisotopic (exact) mass is 486 g/mol. The van der Waals surface area contributed by atoms with E-state index < -0.39 is 0 Å². The number of carbonyl (C=O) groups excluding carboxylic acids is 2. The number of nitrogens with one attached hydrogen (secondary N) is 1. The van der Waals surface area contributed by atoms with Crippen LogP contribution in [0.25, 0.3) is 21.7 Å². The Bertz CT molecular complexity index is 1250. The van der Waals surface area contributed by atoms with E-state index in [1.807, 2.05) is 67.6 Å². The number of rotatable bonds is 9. The molecule has 0 saturated carbocycles. The van der Waals surface area contributed by atoms with E-state index in [0.29, 0.717) is 10.7 Å². The zero-order valence-electron chi connectivity index (χ0n) is 19.8. The number of aryl methyl sites for hydroxylation is 1. The third kappa shape index (κ3) is 5.94. The Balaban J connectivity index is 1.53. The van der Waals surface area contributed by atoms with Crippen LogP contribution in [-0.4, -0.2) is 30.9 Å². The van der Waals surface area contributed by atoms with Crippen molar-refractivity contribution in [2.75, 3.05) is 19.5 Å². The molecule has 0 spiro atoms. The van der Waals surface area contributed by atoms with E-state index in [-0.39, 0.29) is 24.5 Å². The number of anilines is 1. The summed E-state index contributed by atoms with van der Waals surface area (Å²) in [7, 11) is 3.25. The second kappa shape index (κ2) is 11.0. The highest BCUT2D eigenvalue weighted by molar-refractivity contribution is 7.19. The topological polar surface area (TPSA) is 77.5 Å². The number of amides is 1. The molecule has 3 aromatic carbocycles. The van der Waals surface area contributed by atoms with E-state index in [4.69, 9.17) is 14.5 Å². The molecule has 0 radical (unpaired) electrons. The van der Waals surface area contributed by atoms with Crippen molar-refractivity contribution in [3.8, 4) is 33.2 Å². The van der Waals surface area contributed by atoms with Crippen molar-refractivity contribution in [3.05, 3.63) is 83.9 Å². The van der Waals surface area contributed by atoms with Gasteiger partial charge < -0.3 is 14.8 Å². The highest BCUT2D eigenvalue weighted by atomic mass is 32.1. The summed E-state index contributed by atoms with van der Waals surface area (Å²) in [5, 5.41) is 3.35. The average molecular weight is 487 g/mol. The number of nitrogens with zero attached hydrogens (tertiary/aromatic N) is 1. The second-order valence-corrected chi connectivity index (χ2v) is 8.99. The molecule has 0 saturated heterocycles. The van der Waals surface area contributed by atoms with Gasteiger partial charge in [0.25, 0.3) is 0 Å². The van der Waals surface area contributed by atoms with Gasteiger partial charge in [-0.3, -0.25) is 9.59 Å². The molecule has 0 fully saturated rings. The standard InChI is InChI=1S/C28H26N2O4S/c1-18-4-6-19(7-5-18)24(31)16-17-25(32)29-28-30-26(20-8-12-22(33-2)13-9-20)27(35-28)21-10-14-23(34-3)15-11-21/h4-15H,16-17H2,1-3H3,(H,29,30,32). The number of carbonyl (C=O) groups is 2. The summed E-state index contributed by atoms with van der Waals surface area (Å²) in [6.07, 6.45) is 0.221. The van der Waals surface area contributed by atoms with E-state index >= 15 is 0 Å². The maximum absolute atomic E-state index is 12.6. The lowest BCUT2D eigenvalue weighted by molar-refractivity contribution is -0.116. The Morgan fingerprint density at radius 2 is 1.37 bits per heavy atom. The van der Waals surface area contributed by atoms with Gasteiger partial charge in [0, 0.05) is 24.0 Å². The molecule has 4 rings (SSSR count).